The molecule has 0 saturated carbocycles. The average molecular weight is 356 g/mol. The predicted molar refractivity (Wildman–Crippen MR) is 99.2 cm³/mol. The third kappa shape index (κ3) is 3.62. The number of carbonyl (C=O) groups excluding carboxylic acids is 1. The van der Waals surface area contributed by atoms with Crippen LogP contribution < -0.4 is 11.3 Å². The summed E-state index contributed by atoms with van der Waals surface area (Å²) < 4.78 is 0.595. The zero-order valence-corrected chi connectivity index (χ0v) is 14.9. The van der Waals surface area contributed by atoms with E-state index in [1.807, 2.05) is 42.6 Å². The number of H-pyrrole nitrogens is 1. The summed E-state index contributed by atoms with van der Waals surface area (Å²) in [5, 5.41) is 1.83. The van der Waals surface area contributed by atoms with Crippen LogP contribution in [0.5, 0.6) is 0 Å². The van der Waals surface area contributed by atoms with Crippen LogP contribution in [0.15, 0.2) is 46.6 Å². The van der Waals surface area contributed by atoms with Gasteiger partial charge in [-0.2, -0.15) is 0 Å². The number of hydrogen-bond donors (Lipinski definition) is 2. The van der Waals surface area contributed by atoms with Crippen LogP contribution in [0.2, 0.25) is 0 Å². The summed E-state index contributed by atoms with van der Waals surface area (Å²) in [6, 6.07) is 11.0. The fourth-order valence-electron chi connectivity index (χ4n) is 2.76. The van der Waals surface area contributed by atoms with E-state index in [-0.39, 0.29) is 30.0 Å². The van der Waals surface area contributed by atoms with Crippen LogP contribution in [0.3, 0.4) is 0 Å². The largest absolute Gasteiger partial charge is 0.338 e. The molecule has 0 spiro atoms. The Bertz CT molecular complexity index is 935. The fourth-order valence-corrected chi connectivity index (χ4v) is 3.49. The van der Waals surface area contributed by atoms with Gasteiger partial charge in [0.1, 0.15) is 10.5 Å². The highest BCUT2D eigenvalue weighted by atomic mass is 32.1. The number of nitrogens with one attached hydrogen (secondary N) is 1. The van der Waals surface area contributed by atoms with E-state index < -0.39 is 0 Å². The van der Waals surface area contributed by atoms with Crippen LogP contribution >= 0.6 is 11.3 Å². The van der Waals surface area contributed by atoms with Gasteiger partial charge >= 0.3 is 0 Å². The number of rotatable bonds is 5. The molecule has 0 radical (unpaired) electrons. The molecule has 1 amide bonds. The molecule has 25 heavy (non-hydrogen) atoms. The molecule has 0 aliphatic carbocycles. The van der Waals surface area contributed by atoms with Gasteiger partial charge in [-0.05, 0) is 17.0 Å². The second kappa shape index (κ2) is 7.16. The average Bonchev–Trinajstić information content (AvgIpc) is 3.09. The number of nitrogens with zero attached hydrogens (tertiary/aromatic N) is 2. The Morgan fingerprint density at radius 3 is 2.76 bits per heavy atom. The topological polar surface area (TPSA) is 92.1 Å². The molecule has 130 valence electrons. The zero-order chi connectivity index (χ0) is 18.0. The van der Waals surface area contributed by atoms with Gasteiger partial charge in [0.15, 0.2) is 0 Å². The van der Waals surface area contributed by atoms with Crippen LogP contribution in [0, 0.1) is 5.92 Å². The molecular weight excluding hydrogens is 336 g/mol. The maximum absolute atomic E-state index is 12.7. The van der Waals surface area contributed by atoms with Crippen molar-refractivity contribution >= 4 is 27.5 Å². The Morgan fingerprint density at radius 2 is 2.04 bits per heavy atom. The van der Waals surface area contributed by atoms with Crippen molar-refractivity contribution in [2.45, 2.75) is 19.5 Å². The minimum Gasteiger partial charge on any atom is -0.338 e. The van der Waals surface area contributed by atoms with Gasteiger partial charge in [-0.15, -0.1) is 11.3 Å². The van der Waals surface area contributed by atoms with E-state index in [2.05, 4.69) is 9.97 Å². The van der Waals surface area contributed by atoms with E-state index in [1.54, 1.807) is 18.0 Å². The molecule has 2 unspecified atom stereocenters. The van der Waals surface area contributed by atoms with Gasteiger partial charge in [0.2, 0.25) is 5.91 Å². The van der Waals surface area contributed by atoms with Crippen LogP contribution in [-0.4, -0.2) is 27.8 Å². The van der Waals surface area contributed by atoms with Gasteiger partial charge in [0.25, 0.3) is 5.56 Å². The highest BCUT2D eigenvalue weighted by Gasteiger charge is 2.25. The maximum Gasteiger partial charge on any atom is 0.268 e. The van der Waals surface area contributed by atoms with Crippen molar-refractivity contribution in [3.8, 4) is 0 Å². The summed E-state index contributed by atoms with van der Waals surface area (Å²) in [4.78, 5) is 33.4. The smallest absolute Gasteiger partial charge is 0.268 e. The van der Waals surface area contributed by atoms with E-state index in [0.717, 1.165) is 5.56 Å². The van der Waals surface area contributed by atoms with Crippen molar-refractivity contribution in [1.29, 1.82) is 0 Å². The lowest BCUT2D eigenvalue weighted by atomic mass is 9.94. The minimum atomic E-state index is -0.387. The molecule has 0 bridgehead atoms. The summed E-state index contributed by atoms with van der Waals surface area (Å²) in [5.74, 6) is -0.0133. The number of carbonyl (C=O) groups is 1. The number of nitrogens with two attached hydrogens (primary N) is 1. The number of amides is 1. The van der Waals surface area contributed by atoms with Gasteiger partial charge < -0.3 is 15.6 Å². The highest BCUT2D eigenvalue weighted by Crippen LogP contribution is 2.21. The lowest BCUT2D eigenvalue weighted by Crippen LogP contribution is -2.37. The van der Waals surface area contributed by atoms with Crippen molar-refractivity contribution < 1.29 is 4.79 Å². The van der Waals surface area contributed by atoms with E-state index in [1.165, 1.54) is 11.3 Å². The van der Waals surface area contributed by atoms with Gasteiger partial charge in [0, 0.05) is 13.1 Å². The number of benzene rings is 1. The zero-order valence-electron chi connectivity index (χ0n) is 14.1. The Kier molecular flexibility index (Phi) is 4.96. The van der Waals surface area contributed by atoms with Gasteiger partial charge in [-0.3, -0.25) is 9.59 Å². The Labute approximate surface area is 149 Å². The minimum absolute atomic E-state index is 0.0931. The molecule has 2 aromatic heterocycles. The first-order valence-corrected chi connectivity index (χ1v) is 8.87. The standard InChI is InChI=1S/C18H20N4O2S/c1-11(15(19)12-6-4-3-5-7-12)18(24)22(2)10-14-20-13-8-9-25-16(13)17(23)21-14/h3-9,11,15H,10,19H2,1-2H3,(H,20,21,23). The quantitative estimate of drug-likeness (QED) is 0.733. The van der Waals surface area contributed by atoms with Crippen molar-refractivity contribution in [1.82, 2.24) is 14.9 Å². The molecule has 1 aromatic carbocycles. The molecule has 0 saturated heterocycles. The summed E-state index contributed by atoms with van der Waals surface area (Å²) in [7, 11) is 1.69. The van der Waals surface area contributed by atoms with Gasteiger partial charge in [-0.1, -0.05) is 37.3 Å². The number of aromatic amines is 1. The maximum atomic E-state index is 12.7. The number of thiophene rings is 1. The second-order valence-electron chi connectivity index (χ2n) is 6.07. The van der Waals surface area contributed by atoms with Crippen molar-refractivity contribution in [3.05, 3.63) is 63.5 Å². The molecule has 0 aliphatic heterocycles. The fraction of sp³-hybridized carbons (Fsp3) is 0.278. The van der Waals surface area contributed by atoms with Crippen molar-refractivity contribution in [2.75, 3.05) is 7.05 Å². The molecule has 2 heterocycles. The molecule has 0 fully saturated rings. The van der Waals surface area contributed by atoms with E-state index in [0.29, 0.717) is 16.0 Å². The van der Waals surface area contributed by atoms with E-state index in [4.69, 9.17) is 5.73 Å². The molecule has 3 aromatic rings. The highest BCUT2D eigenvalue weighted by molar-refractivity contribution is 7.17. The van der Waals surface area contributed by atoms with Gasteiger partial charge in [0.05, 0.1) is 18.0 Å². The lowest BCUT2D eigenvalue weighted by molar-refractivity contribution is -0.135. The third-order valence-corrected chi connectivity index (χ3v) is 5.14. The monoisotopic (exact) mass is 356 g/mol. The summed E-state index contributed by atoms with van der Waals surface area (Å²) in [6.45, 7) is 2.04. The molecule has 6 nitrogen and oxygen atoms in total. The molecule has 0 aliphatic rings. The Hall–Kier alpha value is -2.51. The summed E-state index contributed by atoms with van der Waals surface area (Å²) >= 11 is 1.35. The normalized spacial score (nSPS) is 13.6. The first-order valence-electron chi connectivity index (χ1n) is 7.99. The summed E-state index contributed by atoms with van der Waals surface area (Å²) in [5.41, 5.74) is 7.63. The first kappa shape index (κ1) is 17.3. The number of hydrogen-bond acceptors (Lipinski definition) is 5. The van der Waals surface area contributed by atoms with Crippen LogP contribution in [0.1, 0.15) is 24.4 Å². The molecule has 2 atom stereocenters. The predicted octanol–water partition coefficient (Wildman–Crippen LogP) is 2.28. The summed E-state index contributed by atoms with van der Waals surface area (Å²) in [6.07, 6.45) is 0. The molecule has 3 rings (SSSR count). The Morgan fingerprint density at radius 1 is 1.32 bits per heavy atom. The third-order valence-electron chi connectivity index (χ3n) is 4.24. The number of fused-ring (bicyclic) bond motifs is 1. The Balaban J connectivity index is 1.74. The molecule has 7 heteroatoms. The lowest BCUT2D eigenvalue weighted by Gasteiger charge is -2.25. The van der Waals surface area contributed by atoms with Crippen molar-refractivity contribution in [2.24, 2.45) is 11.7 Å². The van der Waals surface area contributed by atoms with Crippen molar-refractivity contribution in [3.63, 3.8) is 0 Å². The van der Waals surface area contributed by atoms with Crippen LogP contribution in [-0.2, 0) is 11.3 Å². The molecular formula is C18H20N4O2S. The van der Waals surface area contributed by atoms with E-state index in [9.17, 15) is 9.59 Å². The number of aromatic nitrogens is 2. The first-order chi connectivity index (χ1) is 12.0. The SMILES string of the molecule is CC(C(=O)N(C)Cc1nc2ccsc2c(=O)[nH]1)C(N)c1ccccc1. The van der Waals surface area contributed by atoms with Crippen LogP contribution in [0.25, 0.3) is 10.2 Å². The van der Waals surface area contributed by atoms with Gasteiger partial charge in [-0.25, -0.2) is 4.98 Å². The van der Waals surface area contributed by atoms with E-state index >= 15 is 0 Å². The second-order valence-corrected chi connectivity index (χ2v) is 6.98. The molecule has 3 N–H and O–H groups in total. The van der Waals surface area contributed by atoms with Crippen LogP contribution in [0.4, 0.5) is 0 Å².